The molecule has 0 saturated heterocycles. The molecule has 2 rings (SSSR count). The molecule has 2 N–H and O–H groups in total. The van der Waals surface area contributed by atoms with Crippen molar-refractivity contribution >= 4 is 21.4 Å². The summed E-state index contributed by atoms with van der Waals surface area (Å²) in [6.45, 7) is 4.29. The topological polar surface area (TPSA) is 60.2 Å². The Morgan fingerprint density at radius 2 is 1.80 bits per heavy atom. The van der Waals surface area contributed by atoms with Gasteiger partial charge >= 0.3 is 0 Å². The smallest absolute Gasteiger partial charge is 0.182 e. The Morgan fingerprint density at radius 3 is 2.35 bits per heavy atom. The summed E-state index contributed by atoms with van der Waals surface area (Å²) >= 11 is 5.82. The van der Waals surface area contributed by atoms with Crippen molar-refractivity contribution in [2.75, 3.05) is 0 Å². The van der Waals surface area contributed by atoms with Gasteiger partial charge in [-0.1, -0.05) is 25.4 Å². The first-order valence-corrected chi connectivity index (χ1v) is 9.00. The van der Waals surface area contributed by atoms with Crippen LogP contribution in [0.25, 0.3) is 0 Å². The van der Waals surface area contributed by atoms with Crippen molar-refractivity contribution in [1.82, 2.24) is 0 Å². The Morgan fingerprint density at radius 1 is 1.20 bits per heavy atom. The van der Waals surface area contributed by atoms with Crippen molar-refractivity contribution in [2.24, 2.45) is 17.6 Å². The molecule has 0 aliphatic heterocycles. The van der Waals surface area contributed by atoms with Gasteiger partial charge in [0.1, 0.15) is 0 Å². The molecule has 0 bridgehead atoms. The molecule has 1 aromatic rings. The molecule has 1 saturated carbocycles. The van der Waals surface area contributed by atoms with Gasteiger partial charge in [-0.05, 0) is 55.4 Å². The molecule has 1 fully saturated rings. The maximum atomic E-state index is 12.8. The van der Waals surface area contributed by atoms with E-state index in [2.05, 4.69) is 13.8 Å². The normalized spacial score (nSPS) is 27.8. The molecule has 3 unspecified atom stereocenters. The second-order valence-corrected chi connectivity index (χ2v) is 8.62. The van der Waals surface area contributed by atoms with Crippen LogP contribution in [0, 0.1) is 11.8 Å². The van der Waals surface area contributed by atoms with Crippen LogP contribution in [-0.4, -0.2) is 19.7 Å². The van der Waals surface area contributed by atoms with Gasteiger partial charge in [0.2, 0.25) is 0 Å². The van der Waals surface area contributed by atoms with Gasteiger partial charge < -0.3 is 5.73 Å². The predicted octanol–water partition coefficient (Wildman–Crippen LogP) is 3.27. The number of halogens is 1. The second kappa shape index (κ2) is 6.04. The Labute approximate surface area is 126 Å². The third-order valence-electron chi connectivity index (χ3n) is 4.37. The predicted molar refractivity (Wildman–Crippen MR) is 82.6 cm³/mol. The van der Waals surface area contributed by atoms with Gasteiger partial charge in [-0.2, -0.15) is 0 Å². The van der Waals surface area contributed by atoms with E-state index in [4.69, 9.17) is 17.3 Å². The summed E-state index contributed by atoms with van der Waals surface area (Å²) in [6, 6.07) is 6.10. The van der Waals surface area contributed by atoms with Crippen LogP contribution in [0.15, 0.2) is 29.2 Å². The quantitative estimate of drug-likeness (QED) is 0.931. The third-order valence-corrected chi connectivity index (χ3v) is 6.89. The fourth-order valence-corrected chi connectivity index (χ4v) is 5.03. The molecule has 112 valence electrons. The number of nitrogens with two attached hydrogens (primary N) is 1. The first-order valence-electron chi connectivity index (χ1n) is 7.07. The summed E-state index contributed by atoms with van der Waals surface area (Å²) in [5.41, 5.74) is 6.09. The van der Waals surface area contributed by atoms with Crippen molar-refractivity contribution < 1.29 is 8.42 Å². The molecule has 0 radical (unpaired) electrons. The summed E-state index contributed by atoms with van der Waals surface area (Å²) in [5.74, 6) is 0.923. The molecule has 3 atom stereocenters. The molecule has 1 aliphatic carbocycles. The molecular weight excluding hydrogens is 294 g/mol. The minimum Gasteiger partial charge on any atom is -0.327 e. The number of hydrogen-bond acceptors (Lipinski definition) is 3. The van der Waals surface area contributed by atoms with E-state index in [-0.39, 0.29) is 6.04 Å². The van der Waals surface area contributed by atoms with E-state index in [1.54, 1.807) is 24.3 Å². The van der Waals surface area contributed by atoms with Gasteiger partial charge in [0.05, 0.1) is 10.1 Å². The maximum absolute atomic E-state index is 12.8. The van der Waals surface area contributed by atoms with Crippen LogP contribution in [0.5, 0.6) is 0 Å². The molecular formula is C15H22ClNO2S. The van der Waals surface area contributed by atoms with Crippen molar-refractivity contribution in [3.05, 3.63) is 29.3 Å². The van der Waals surface area contributed by atoms with Crippen LogP contribution < -0.4 is 5.73 Å². The first kappa shape index (κ1) is 15.8. The van der Waals surface area contributed by atoms with E-state index in [9.17, 15) is 8.42 Å². The van der Waals surface area contributed by atoms with Crippen LogP contribution in [0.1, 0.15) is 33.1 Å². The minimum absolute atomic E-state index is 0.273. The van der Waals surface area contributed by atoms with E-state index in [0.717, 1.165) is 12.8 Å². The molecule has 1 aliphatic rings. The van der Waals surface area contributed by atoms with Gasteiger partial charge in [0.25, 0.3) is 0 Å². The summed E-state index contributed by atoms with van der Waals surface area (Å²) in [6.07, 6.45) is 2.45. The average molecular weight is 316 g/mol. The monoisotopic (exact) mass is 315 g/mol. The van der Waals surface area contributed by atoms with Crippen LogP contribution in [0.4, 0.5) is 0 Å². The highest BCUT2D eigenvalue weighted by Crippen LogP contribution is 2.35. The summed E-state index contributed by atoms with van der Waals surface area (Å²) in [4.78, 5) is 0.326. The molecule has 1 aromatic carbocycles. The van der Waals surface area contributed by atoms with Crippen LogP contribution >= 0.6 is 11.6 Å². The molecule has 5 heteroatoms. The molecule has 20 heavy (non-hydrogen) atoms. The van der Waals surface area contributed by atoms with Crippen molar-refractivity contribution in [3.8, 4) is 0 Å². The van der Waals surface area contributed by atoms with Crippen molar-refractivity contribution in [2.45, 2.75) is 49.3 Å². The SMILES string of the molecule is CC(C)C1CCC(N)C(S(=O)(=O)c2ccc(Cl)cc2)C1. The van der Waals surface area contributed by atoms with Gasteiger partial charge in [-0.25, -0.2) is 8.42 Å². The largest absolute Gasteiger partial charge is 0.327 e. The Hall–Kier alpha value is -0.580. The third kappa shape index (κ3) is 3.18. The molecule has 0 spiro atoms. The minimum atomic E-state index is -3.38. The Bertz CT molecular complexity index is 554. The standard InChI is InChI=1S/C15H22ClNO2S/c1-10(2)11-3-8-14(17)15(9-11)20(18,19)13-6-4-12(16)5-7-13/h4-7,10-11,14-15H,3,8-9,17H2,1-2H3. The lowest BCUT2D eigenvalue weighted by atomic mass is 9.79. The molecule has 0 heterocycles. The van der Waals surface area contributed by atoms with E-state index in [1.165, 1.54) is 0 Å². The van der Waals surface area contributed by atoms with Gasteiger partial charge in [-0.3, -0.25) is 0 Å². The molecule has 0 amide bonds. The van der Waals surface area contributed by atoms with Crippen LogP contribution in [0.2, 0.25) is 5.02 Å². The highest BCUT2D eigenvalue weighted by atomic mass is 35.5. The lowest BCUT2D eigenvalue weighted by Crippen LogP contribution is -2.45. The maximum Gasteiger partial charge on any atom is 0.182 e. The molecule has 3 nitrogen and oxygen atoms in total. The van der Waals surface area contributed by atoms with Crippen LogP contribution in [-0.2, 0) is 9.84 Å². The van der Waals surface area contributed by atoms with Gasteiger partial charge in [-0.15, -0.1) is 0 Å². The lowest BCUT2D eigenvalue weighted by Gasteiger charge is -2.35. The highest BCUT2D eigenvalue weighted by Gasteiger charge is 2.38. The van der Waals surface area contributed by atoms with E-state index >= 15 is 0 Å². The zero-order valence-corrected chi connectivity index (χ0v) is 13.5. The first-order chi connectivity index (χ1) is 9.32. The number of hydrogen-bond donors (Lipinski definition) is 1. The Kier molecular flexibility index (Phi) is 4.77. The fourth-order valence-electron chi connectivity index (χ4n) is 2.94. The summed E-state index contributed by atoms with van der Waals surface area (Å²) in [7, 11) is -3.38. The van der Waals surface area contributed by atoms with E-state index in [1.807, 2.05) is 0 Å². The van der Waals surface area contributed by atoms with Gasteiger partial charge in [0.15, 0.2) is 9.84 Å². The van der Waals surface area contributed by atoms with Crippen molar-refractivity contribution in [1.29, 1.82) is 0 Å². The second-order valence-electron chi connectivity index (χ2n) is 6.02. The number of benzene rings is 1. The lowest BCUT2D eigenvalue weighted by molar-refractivity contribution is 0.261. The zero-order chi connectivity index (χ0) is 14.9. The van der Waals surface area contributed by atoms with Crippen LogP contribution in [0.3, 0.4) is 0 Å². The highest BCUT2D eigenvalue weighted by molar-refractivity contribution is 7.92. The summed E-state index contributed by atoms with van der Waals surface area (Å²) < 4.78 is 25.5. The van der Waals surface area contributed by atoms with E-state index < -0.39 is 15.1 Å². The molecule has 0 aromatic heterocycles. The number of sulfone groups is 1. The summed E-state index contributed by atoms with van der Waals surface area (Å²) in [5, 5.41) is 0.0572. The van der Waals surface area contributed by atoms with Gasteiger partial charge in [0, 0.05) is 11.1 Å². The average Bonchev–Trinajstić information content (AvgIpc) is 2.39. The van der Waals surface area contributed by atoms with E-state index in [0.29, 0.717) is 28.2 Å². The van der Waals surface area contributed by atoms with Crippen molar-refractivity contribution in [3.63, 3.8) is 0 Å². The Balaban J connectivity index is 2.29. The fraction of sp³-hybridized carbons (Fsp3) is 0.600. The zero-order valence-electron chi connectivity index (χ0n) is 11.9. The number of rotatable bonds is 3.